The van der Waals surface area contributed by atoms with E-state index in [1.54, 1.807) is 0 Å². The molecule has 1 aliphatic rings. The molecule has 1 unspecified atom stereocenters. The van der Waals surface area contributed by atoms with Crippen LogP contribution in [0, 0.1) is 19.8 Å². The highest BCUT2D eigenvalue weighted by molar-refractivity contribution is 7.99. The molecular formula is C22H29N5O2S. The van der Waals surface area contributed by atoms with E-state index in [0.29, 0.717) is 35.1 Å². The van der Waals surface area contributed by atoms with Crippen molar-refractivity contribution in [2.24, 2.45) is 5.92 Å². The van der Waals surface area contributed by atoms with Crippen molar-refractivity contribution in [3.63, 3.8) is 0 Å². The first kappa shape index (κ1) is 22.1. The minimum atomic E-state index is -0.138. The Morgan fingerprint density at radius 2 is 1.67 bits per heavy atom. The number of hydrogen-bond donors (Lipinski definition) is 3. The second-order valence-corrected chi connectivity index (χ2v) is 8.79. The highest BCUT2D eigenvalue weighted by Gasteiger charge is 2.17. The summed E-state index contributed by atoms with van der Waals surface area (Å²) < 4.78 is 0. The first-order valence-electron chi connectivity index (χ1n) is 10.3. The summed E-state index contributed by atoms with van der Waals surface area (Å²) in [5, 5.41) is 6.70. The van der Waals surface area contributed by atoms with Gasteiger partial charge in [0.25, 0.3) is 5.91 Å². The molecule has 1 aromatic carbocycles. The van der Waals surface area contributed by atoms with Crippen LogP contribution in [0.25, 0.3) is 11.3 Å². The molecule has 4 N–H and O–H groups in total. The molecule has 2 aromatic rings. The first-order valence-corrected chi connectivity index (χ1v) is 11.3. The maximum Gasteiger partial charge on any atom is 0.251 e. The van der Waals surface area contributed by atoms with Crippen molar-refractivity contribution in [2.45, 2.75) is 45.1 Å². The van der Waals surface area contributed by atoms with Gasteiger partial charge in [0.1, 0.15) is 5.03 Å². The standard InChI is InChI=1S/C22H29N5O2S/c1-13-9-14(2)17-10-16(13)18-11-19(27-22(23)26-18)30-12-15(3)20(28)24-7-5-4-6-8-25-21(17)29/h9-11,15H,4-8,12H2,1-3H3,(H,24,28)(H,25,29)(H2,23,26,27). The first-order chi connectivity index (χ1) is 14.3. The molecule has 8 heteroatoms. The number of hydrogen-bond acceptors (Lipinski definition) is 6. The number of fused-ring (bicyclic) bond motifs is 5. The zero-order valence-corrected chi connectivity index (χ0v) is 18.6. The van der Waals surface area contributed by atoms with Gasteiger partial charge >= 0.3 is 0 Å². The van der Waals surface area contributed by atoms with E-state index in [1.807, 2.05) is 39.0 Å². The van der Waals surface area contributed by atoms with Gasteiger partial charge in [0.15, 0.2) is 0 Å². The van der Waals surface area contributed by atoms with Crippen molar-refractivity contribution in [2.75, 3.05) is 24.6 Å². The molecule has 160 valence electrons. The Labute approximate surface area is 181 Å². The molecule has 0 spiro atoms. The number of thioether (sulfide) groups is 1. The normalized spacial score (nSPS) is 18.7. The van der Waals surface area contributed by atoms with Gasteiger partial charge in [-0.2, -0.15) is 0 Å². The van der Waals surface area contributed by atoms with Gasteiger partial charge in [-0.15, -0.1) is 11.8 Å². The van der Waals surface area contributed by atoms with Crippen molar-refractivity contribution < 1.29 is 9.59 Å². The van der Waals surface area contributed by atoms with E-state index in [2.05, 4.69) is 20.6 Å². The number of aryl methyl sites for hydroxylation is 2. The lowest BCUT2D eigenvalue weighted by Gasteiger charge is -2.15. The summed E-state index contributed by atoms with van der Waals surface area (Å²) in [5.41, 5.74) is 10.1. The van der Waals surface area contributed by atoms with Crippen molar-refractivity contribution in [3.8, 4) is 11.3 Å². The van der Waals surface area contributed by atoms with Crippen LogP contribution in [0.15, 0.2) is 23.2 Å². The number of nitrogens with zero attached hydrogens (tertiary/aromatic N) is 2. The van der Waals surface area contributed by atoms with Crippen LogP contribution in [0.3, 0.4) is 0 Å². The van der Waals surface area contributed by atoms with Crippen LogP contribution in [-0.4, -0.2) is 40.6 Å². The number of rotatable bonds is 0. The Morgan fingerprint density at radius 1 is 0.967 bits per heavy atom. The Balaban J connectivity index is 1.98. The highest BCUT2D eigenvalue weighted by Crippen LogP contribution is 2.29. The lowest BCUT2D eigenvalue weighted by Crippen LogP contribution is -2.31. The van der Waals surface area contributed by atoms with Gasteiger partial charge in [-0.25, -0.2) is 9.97 Å². The Kier molecular flexibility index (Phi) is 7.31. The Bertz CT molecular complexity index is 947. The van der Waals surface area contributed by atoms with Crippen molar-refractivity contribution in [3.05, 3.63) is 34.9 Å². The van der Waals surface area contributed by atoms with Gasteiger partial charge in [-0.1, -0.05) is 13.0 Å². The summed E-state index contributed by atoms with van der Waals surface area (Å²) >= 11 is 1.48. The van der Waals surface area contributed by atoms with Crippen LogP contribution in [0.5, 0.6) is 0 Å². The number of benzene rings is 1. The van der Waals surface area contributed by atoms with E-state index in [4.69, 9.17) is 5.73 Å². The zero-order chi connectivity index (χ0) is 21.7. The quantitative estimate of drug-likeness (QED) is 0.557. The van der Waals surface area contributed by atoms with Crippen LogP contribution >= 0.6 is 11.8 Å². The Morgan fingerprint density at radius 3 is 2.43 bits per heavy atom. The SMILES string of the molecule is Cc1cc(C)c2cc1C(=O)NCCCCCNC(=O)C(C)CSc1cc-2nc(N)n1. The van der Waals surface area contributed by atoms with E-state index in [-0.39, 0.29) is 23.7 Å². The number of nitrogens with two attached hydrogens (primary N) is 1. The highest BCUT2D eigenvalue weighted by atomic mass is 32.2. The van der Waals surface area contributed by atoms with Crippen molar-refractivity contribution in [1.29, 1.82) is 0 Å². The number of carbonyl (C=O) groups excluding carboxylic acids is 2. The third-order valence-corrected chi connectivity index (χ3v) is 6.35. The molecule has 2 amide bonds. The summed E-state index contributed by atoms with van der Waals surface area (Å²) in [5.74, 6) is 0.585. The lowest BCUT2D eigenvalue weighted by atomic mass is 9.97. The van der Waals surface area contributed by atoms with E-state index in [0.717, 1.165) is 36.0 Å². The van der Waals surface area contributed by atoms with Crippen molar-refractivity contribution in [1.82, 2.24) is 20.6 Å². The predicted octanol–water partition coefficient (Wildman–Crippen LogP) is 3.10. The number of amides is 2. The molecule has 4 bridgehead atoms. The largest absolute Gasteiger partial charge is 0.368 e. The topological polar surface area (TPSA) is 110 Å². The fourth-order valence-corrected chi connectivity index (χ4v) is 4.35. The monoisotopic (exact) mass is 427 g/mol. The second kappa shape index (κ2) is 9.93. The smallest absolute Gasteiger partial charge is 0.251 e. The van der Waals surface area contributed by atoms with E-state index in [1.165, 1.54) is 11.8 Å². The Hall–Kier alpha value is -2.61. The van der Waals surface area contributed by atoms with Crippen LogP contribution in [0.2, 0.25) is 0 Å². The zero-order valence-electron chi connectivity index (χ0n) is 17.7. The number of nitrogens with one attached hydrogen (secondary N) is 2. The summed E-state index contributed by atoms with van der Waals surface area (Å²) in [4.78, 5) is 33.8. The molecule has 2 heterocycles. The molecular weight excluding hydrogens is 398 g/mol. The number of carbonyl (C=O) groups is 2. The van der Waals surface area contributed by atoms with Crippen molar-refractivity contribution >= 4 is 29.5 Å². The molecule has 3 rings (SSSR count). The molecule has 0 radical (unpaired) electrons. The molecule has 0 saturated carbocycles. The maximum absolute atomic E-state index is 12.7. The molecule has 30 heavy (non-hydrogen) atoms. The number of nitrogen functional groups attached to an aromatic ring is 1. The summed E-state index contributed by atoms with van der Waals surface area (Å²) in [6.45, 7) is 7.10. The minimum Gasteiger partial charge on any atom is -0.368 e. The number of anilines is 1. The summed E-state index contributed by atoms with van der Waals surface area (Å²) in [6.07, 6.45) is 2.71. The fraction of sp³-hybridized carbons (Fsp3) is 0.455. The van der Waals surface area contributed by atoms with Gasteiger partial charge in [0.2, 0.25) is 11.9 Å². The number of aromatic nitrogens is 2. The van der Waals surface area contributed by atoms with Gasteiger partial charge in [0, 0.05) is 35.9 Å². The van der Waals surface area contributed by atoms with E-state index >= 15 is 0 Å². The average Bonchev–Trinajstić information content (AvgIpc) is 2.70. The van der Waals surface area contributed by atoms with Crippen LogP contribution in [0.4, 0.5) is 5.95 Å². The van der Waals surface area contributed by atoms with Crippen LogP contribution in [0.1, 0.15) is 47.7 Å². The minimum absolute atomic E-state index is 0.0400. The third kappa shape index (κ3) is 5.50. The summed E-state index contributed by atoms with van der Waals surface area (Å²) in [7, 11) is 0. The van der Waals surface area contributed by atoms with E-state index in [9.17, 15) is 9.59 Å². The molecule has 1 aromatic heterocycles. The fourth-order valence-electron chi connectivity index (χ4n) is 3.42. The molecule has 0 fully saturated rings. The van der Waals surface area contributed by atoms with Gasteiger partial charge in [0.05, 0.1) is 5.69 Å². The predicted molar refractivity (Wildman–Crippen MR) is 120 cm³/mol. The molecule has 0 saturated heterocycles. The third-order valence-electron chi connectivity index (χ3n) is 5.18. The van der Waals surface area contributed by atoms with Gasteiger partial charge in [-0.05, 0) is 56.4 Å². The summed E-state index contributed by atoms with van der Waals surface area (Å²) in [6, 6.07) is 5.75. The van der Waals surface area contributed by atoms with Gasteiger partial charge in [-0.3, -0.25) is 9.59 Å². The average molecular weight is 428 g/mol. The van der Waals surface area contributed by atoms with Crippen LogP contribution < -0.4 is 16.4 Å². The molecule has 0 aliphatic carbocycles. The maximum atomic E-state index is 12.7. The second-order valence-electron chi connectivity index (χ2n) is 7.75. The van der Waals surface area contributed by atoms with Crippen LogP contribution in [-0.2, 0) is 4.79 Å². The lowest BCUT2D eigenvalue weighted by molar-refractivity contribution is -0.123. The molecule has 7 nitrogen and oxygen atoms in total. The van der Waals surface area contributed by atoms with E-state index < -0.39 is 0 Å². The van der Waals surface area contributed by atoms with Gasteiger partial charge < -0.3 is 16.4 Å². The molecule has 1 aliphatic heterocycles. The molecule has 1 atom stereocenters.